The SMILES string of the molecule is Cc1cccc(CS(=O)(=O)N(C)C[C@@H](C)NC(=O)OC(C)(C)C)c1. The standard InChI is InChI=1S/C17H28N2O4S/c1-13-8-7-9-15(10-13)12-24(21,22)19(6)11-14(2)18-16(20)23-17(3,4)5/h7-10,14H,11-12H2,1-6H3,(H,18,20)/t14-/m1/s1. The fourth-order valence-corrected chi connectivity index (χ4v) is 3.45. The van der Waals surface area contributed by atoms with Crippen LogP contribution in [0.15, 0.2) is 24.3 Å². The molecule has 1 rings (SSSR count). The van der Waals surface area contributed by atoms with Crippen molar-refractivity contribution >= 4 is 16.1 Å². The van der Waals surface area contributed by atoms with Gasteiger partial charge in [0, 0.05) is 19.6 Å². The smallest absolute Gasteiger partial charge is 0.407 e. The van der Waals surface area contributed by atoms with Crippen LogP contribution in [0.4, 0.5) is 4.79 Å². The molecule has 0 heterocycles. The van der Waals surface area contributed by atoms with Crippen LogP contribution in [0.1, 0.15) is 38.8 Å². The van der Waals surface area contributed by atoms with Gasteiger partial charge in [-0.2, -0.15) is 0 Å². The molecule has 0 aliphatic heterocycles. The van der Waals surface area contributed by atoms with Gasteiger partial charge in [-0.15, -0.1) is 0 Å². The minimum absolute atomic E-state index is 0.0651. The molecule has 1 atom stereocenters. The van der Waals surface area contributed by atoms with E-state index in [-0.39, 0.29) is 18.3 Å². The fraction of sp³-hybridized carbons (Fsp3) is 0.588. The van der Waals surface area contributed by atoms with Crippen molar-refractivity contribution < 1.29 is 17.9 Å². The number of rotatable bonds is 6. The van der Waals surface area contributed by atoms with Crippen LogP contribution in [0, 0.1) is 6.92 Å². The number of nitrogens with one attached hydrogen (secondary N) is 1. The van der Waals surface area contributed by atoms with Crippen LogP contribution in [0.3, 0.4) is 0 Å². The predicted molar refractivity (Wildman–Crippen MR) is 95.3 cm³/mol. The molecule has 7 heteroatoms. The Labute approximate surface area is 145 Å². The Morgan fingerprint density at radius 3 is 2.50 bits per heavy atom. The molecule has 0 aromatic heterocycles. The molecule has 0 saturated carbocycles. The minimum Gasteiger partial charge on any atom is -0.444 e. The van der Waals surface area contributed by atoms with Crippen LogP contribution in [0.5, 0.6) is 0 Å². The number of carbonyl (C=O) groups excluding carboxylic acids is 1. The normalized spacial score (nSPS) is 13.6. The number of sulfonamides is 1. The molecule has 0 aliphatic carbocycles. The van der Waals surface area contributed by atoms with E-state index in [1.165, 1.54) is 11.4 Å². The Kier molecular flexibility index (Phi) is 6.80. The molecule has 1 aromatic rings. The van der Waals surface area contributed by atoms with Crippen LogP contribution >= 0.6 is 0 Å². The number of hydrogen-bond acceptors (Lipinski definition) is 4. The molecule has 0 bridgehead atoms. The summed E-state index contributed by atoms with van der Waals surface area (Å²) in [5.74, 6) is -0.0651. The summed E-state index contributed by atoms with van der Waals surface area (Å²) in [6, 6.07) is 7.05. The topological polar surface area (TPSA) is 75.7 Å². The molecule has 0 aliphatic rings. The zero-order valence-electron chi connectivity index (χ0n) is 15.3. The number of alkyl carbamates (subject to hydrolysis) is 1. The van der Waals surface area contributed by atoms with Crippen molar-refractivity contribution in [1.29, 1.82) is 0 Å². The monoisotopic (exact) mass is 356 g/mol. The molecule has 6 nitrogen and oxygen atoms in total. The van der Waals surface area contributed by atoms with Crippen LogP contribution < -0.4 is 5.32 Å². The van der Waals surface area contributed by atoms with Crippen molar-refractivity contribution in [1.82, 2.24) is 9.62 Å². The summed E-state index contributed by atoms with van der Waals surface area (Å²) >= 11 is 0. The number of ether oxygens (including phenoxy) is 1. The van der Waals surface area contributed by atoms with Gasteiger partial charge in [-0.25, -0.2) is 17.5 Å². The third-order valence-corrected chi connectivity index (χ3v) is 5.00. The lowest BCUT2D eigenvalue weighted by molar-refractivity contribution is 0.0504. The number of nitrogens with zero attached hydrogens (tertiary/aromatic N) is 1. The van der Waals surface area contributed by atoms with Crippen LogP contribution in [0.25, 0.3) is 0 Å². The van der Waals surface area contributed by atoms with E-state index in [4.69, 9.17) is 4.74 Å². The third-order valence-electron chi connectivity index (χ3n) is 3.20. The number of hydrogen-bond donors (Lipinski definition) is 1. The lowest BCUT2D eigenvalue weighted by Gasteiger charge is -2.24. The first-order chi connectivity index (χ1) is 10.9. The summed E-state index contributed by atoms with van der Waals surface area (Å²) in [6.45, 7) is 9.16. The molecule has 0 unspecified atom stereocenters. The summed E-state index contributed by atoms with van der Waals surface area (Å²) in [5, 5.41) is 2.65. The van der Waals surface area contributed by atoms with Crippen molar-refractivity contribution in [3.8, 4) is 0 Å². The molecule has 0 spiro atoms. The van der Waals surface area contributed by atoms with Crippen LogP contribution in [-0.2, 0) is 20.5 Å². The first-order valence-electron chi connectivity index (χ1n) is 7.88. The maximum absolute atomic E-state index is 12.4. The molecule has 0 fully saturated rings. The highest BCUT2D eigenvalue weighted by atomic mass is 32.2. The van der Waals surface area contributed by atoms with Gasteiger partial charge >= 0.3 is 6.09 Å². The van der Waals surface area contributed by atoms with Gasteiger partial charge in [0.25, 0.3) is 0 Å². The van der Waals surface area contributed by atoms with Gasteiger partial charge in [0.2, 0.25) is 10.0 Å². The Balaban J connectivity index is 2.62. The maximum atomic E-state index is 12.4. The quantitative estimate of drug-likeness (QED) is 0.850. The highest BCUT2D eigenvalue weighted by Crippen LogP contribution is 2.12. The first-order valence-corrected chi connectivity index (χ1v) is 9.49. The lowest BCUT2D eigenvalue weighted by atomic mass is 10.2. The maximum Gasteiger partial charge on any atom is 0.407 e. The van der Waals surface area contributed by atoms with Crippen molar-refractivity contribution in [2.75, 3.05) is 13.6 Å². The summed E-state index contributed by atoms with van der Waals surface area (Å²) in [5.41, 5.74) is 1.17. The average molecular weight is 356 g/mol. The molecule has 136 valence electrons. The molecule has 0 saturated heterocycles. The van der Waals surface area contributed by atoms with E-state index in [1.54, 1.807) is 33.8 Å². The number of amides is 1. The van der Waals surface area contributed by atoms with Gasteiger partial charge in [-0.05, 0) is 40.2 Å². The summed E-state index contributed by atoms with van der Waals surface area (Å²) in [4.78, 5) is 11.7. The van der Waals surface area contributed by atoms with Crippen molar-refractivity contribution in [2.45, 2.75) is 52.0 Å². The van der Waals surface area contributed by atoms with Crippen molar-refractivity contribution in [3.05, 3.63) is 35.4 Å². The second kappa shape index (κ2) is 7.98. The molecule has 1 N–H and O–H groups in total. The van der Waals surface area contributed by atoms with Gasteiger partial charge in [0.15, 0.2) is 0 Å². The second-order valence-corrected chi connectivity index (χ2v) is 9.15. The first kappa shape index (κ1) is 20.4. The minimum atomic E-state index is -3.45. The molecule has 24 heavy (non-hydrogen) atoms. The zero-order valence-corrected chi connectivity index (χ0v) is 16.1. The largest absolute Gasteiger partial charge is 0.444 e. The van der Waals surface area contributed by atoms with Gasteiger partial charge in [0.1, 0.15) is 5.60 Å². The number of carbonyl (C=O) groups is 1. The summed E-state index contributed by atoms with van der Waals surface area (Å²) in [7, 11) is -1.94. The zero-order chi connectivity index (χ0) is 18.5. The van der Waals surface area contributed by atoms with E-state index in [0.717, 1.165) is 11.1 Å². The van der Waals surface area contributed by atoms with E-state index in [1.807, 2.05) is 25.1 Å². The predicted octanol–water partition coefficient (Wildman–Crippen LogP) is 2.67. The average Bonchev–Trinajstić information content (AvgIpc) is 2.34. The van der Waals surface area contributed by atoms with E-state index in [0.29, 0.717) is 0 Å². The van der Waals surface area contributed by atoms with Crippen molar-refractivity contribution in [3.63, 3.8) is 0 Å². The number of aryl methyl sites for hydroxylation is 1. The third kappa shape index (κ3) is 7.31. The summed E-state index contributed by atoms with van der Waals surface area (Å²) < 4.78 is 31.3. The van der Waals surface area contributed by atoms with Crippen LogP contribution in [-0.4, -0.2) is 44.1 Å². The van der Waals surface area contributed by atoms with E-state index >= 15 is 0 Å². The second-order valence-electron chi connectivity index (χ2n) is 7.07. The van der Waals surface area contributed by atoms with E-state index in [9.17, 15) is 13.2 Å². The Morgan fingerprint density at radius 1 is 1.33 bits per heavy atom. The van der Waals surface area contributed by atoms with Gasteiger partial charge in [-0.1, -0.05) is 29.8 Å². The molecule has 1 amide bonds. The molecule has 1 aromatic carbocycles. The molecule has 0 radical (unpaired) electrons. The Hall–Kier alpha value is -1.60. The molecular formula is C17H28N2O4S. The van der Waals surface area contributed by atoms with E-state index in [2.05, 4.69) is 5.32 Å². The van der Waals surface area contributed by atoms with Crippen LogP contribution in [0.2, 0.25) is 0 Å². The Bertz CT molecular complexity index is 665. The number of likely N-dealkylation sites (N-methyl/N-ethyl adjacent to an activating group) is 1. The highest BCUT2D eigenvalue weighted by molar-refractivity contribution is 7.88. The van der Waals surface area contributed by atoms with Gasteiger partial charge in [-0.3, -0.25) is 0 Å². The highest BCUT2D eigenvalue weighted by Gasteiger charge is 2.23. The molecular weight excluding hydrogens is 328 g/mol. The lowest BCUT2D eigenvalue weighted by Crippen LogP contribution is -2.44. The van der Waals surface area contributed by atoms with E-state index < -0.39 is 21.7 Å². The van der Waals surface area contributed by atoms with Crippen molar-refractivity contribution in [2.24, 2.45) is 0 Å². The van der Waals surface area contributed by atoms with Gasteiger partial charge < -0.3 is 10.1 Å². The van der Waals surface area contributed by atoms with Gasteiger partial charge in [0.05, 0.1) is 5.75 Å². The number of benzene rings is 1. The summed E-state index contributed by atoms with van der Waals surface area (Å²) in [6.07, 6.45) is -0.556. The fourth-order valence-electron chi connectivity index (χ4n) is 2.18. The Morgan fingerprint density at radius 2 is 1.96 bits per heavy atom.